The molecule has 0 bridgehead atoms. The highest BCUT2D eigenvalue weighted by atomic mass is 32.2. The molecule has 2 aromatic carbocycles. The first-order chi connectivity index (χ1) is 12.0. The van der Waals surface area contributed by atoms with Gasteiger partial charge in [-0.05, 0) is 36.8 Å². The largest absolute Gasteiger partial charge is 0.336 e. The van der Waals surface area contributed by atoms with Crippen molar-refractivity contribution in [2.75, 3.05) is 19.6 Å². The highest BCUT2D eigenvalue weighted by molar-refractivity contribution is 7.90. The Morgan fingerprint density at radius 2 is 1.80 bits per heavy atom. The molecule has 0 aromatic heterocycles. The van der Waals surface area contributed by atoms with E-state index in [0.717, 1.165) is 12.1 Å². The zero-order valence-corrected chi connectivity index (χ0v) is 15.0. The van der Waals surface area contributed by atoms with Gasteiger partial charge in [-0.15, -0.1) is 0 Å². The van der Waals surface area contributed by atoms with Crippen molar-refractivity contribution in [2.45, 2.75) is 23.6 Å². The molecule has 0 unspecified atom stereocenters. The Morgan fingerprint density at radius 3 is 2.44 bits per heavy atom. The molecular weight excluding hydrogens is 336 g/mol. The van der Waals surface area contributed by atoms with E-state index in [-0.39, 0.29) is 22.6 Å². The van der Waals surface area contributed by atoms with Crippen LogP contribution in [0, 0.1) is 0 Å². The van der Waals surface area contributed by atoms with E-state index in [9.17, 15) is 13.2 Å². The van der Waals surface area contributed by atoms with Gasteiger partial charge in [0.25, 0.3) is 5.91 Å². The first-order valence-corrected chi connectivity index (χ1v) is 10.0. The van der Waals surface area contributed by atoms with Crippen LogP contribution < -0.4 is 5.32 Å². The lowest BCUT2D eigenvalue weighted by Gasteiger charge is -2.32. The fourth-order valence-corrected chi connectivity index (χ4v) is 4.33. The zero-order chi connectivity index (χ0) is 17.9. The molecule has 6 heteroatoms. The predicted octanol–water partition coefficient (Wildman–Crippen LogP) is 2.09. The number of carbonyl (C=O) groups is 1. The summed E-state index contributed by atoms with van der Waals surface area (Å²) in [5, 5.41) is 3.30. The van der Waals surface area contributed by atoms with E-state index in [1.165, 1.54) is 12.1 Å². The molecule has 3 rings (SSSR count). The third-order valence-electron chi connectivity index (χ3n) is 4.32. The van der Waals surface area contributed by atoms with E-state index in [0.29, 0.717) is 18.7 Å². The van der Waals surface area contributed by atoms with Crippen molar-refractivity contribution < 1.29 is 13.2 Å². The van der Waals surface area contributed by atoms with E-state index in [2.05, 4.69) is 5.32 Å². The molecule has 1 atom stereocenters. The first kappa shape index (κ1) is 17.6. The van der Waals surface area contributed by atoms with Crippen LogP contribution in [0.4, 0.5) is 0 Å². The minimum absolute atomic E-state index is 0.0452. The SMILES string of the molecule is C[C@@H]1CN(C(=O)c2ccc(S(=O)(=O)Cc3ccccc3)cc2)CCN1. The van der Waals surface area contributed by atoms with Crippen molar-refractivity contribution in [3.8, 4) is 0 Å². The molecule has 0 aliphatic carbocycles. The number of carbonyl (C=O) groups excluding carboxylic acids is 1. The number of piperazine rings is 1. The van der Waals surface area contributed by atoms with Crippen LogP contribution in [0.1, 0.15) is 22.8 Å². The third-order valence-corrected chi connectivity index (χ3v) is 6.02. The Hall–Kier alpha value is -2.18. The van der Waals surface area contributed by atoms with Gasteiger partial charge in [0.1, 0.15) is 0 Å². The van der Waals surface area contributed by atoms with Crippen LogP contribution >= 0.6 is 0 Å². The molecule has 0 saturated carbocycles. The summed E-state index contributed by atoms with van der Waals surface area (Å²) >= 11 is 0. The topological polar surface area (TPSA) is 66.5 Å². The van der Waals surface area contributed by atoms with Crippen molar-refractivity contribution in [2.24, 2.45) is 0 Å². The van der Waals surface area contributed by atoms with Gasteiger partial charge in [-0.25, -0.2) is 8.42 Å². The van der Waals surface area contributed by atoms with Gasteiger partial charge in [-0.3, -0.25) is 4.79 Å². The summed E-state index contributed by atoms with van der Waals surface area (Å²) in [6.45, 7) is 4.14. The summed E-state index contributed by atoms with van der Waals surface area (Å²) in [6.07, 6.45) is 0. The van der Waals surface area contributed by atoms with Crippen LogP contribution in [-0.2, 0) is 15.6 Å². The first-order valence-electron chi connectivity index (χ1n) is 8.35. The molecule has 5 nitrogen and oxygen atoms in total. The minimum atomic E-state index is -3.42. The number of nitrogens with one attached hydrogen (secondary N) is 1. The van der Waals surface area contributed by atoms with E-state index >= 15 is 0 Å². The van der Waals surface area contributed by atoms with Gasteiger partial charge in [-0.1, -0.05) is 30.3 Å². The second-order valence-corrected chi connectivity index (χ2v) is 8.36. The molecule has 1 fully saturated rings. The maximum atomic E-state index is 12.5. The number of sulfone groups is 1. The van der Waals surface area contributed by atoms with Gasteiger partial charge >= 0.3 is 0 Å². The normalized spacial score (nSPS) is 18.1. The van der Waals surface area contributed by atoms with Gasteiger partial charge in [0.2, 0.25) is 0 Å². The zero-order valence-electron chi connectivity index (χ0n) is 14.2. The number of nitrogens with zero attached hydrogens (tertiary/aromatic N) is 1. The highest BCUT2D eigenvalue weighted by Crippen LogP contribution is 2.18. The Morgan fingerprint density at radius 1 is 1.12 bits per heavy atom. The summed E-state index contributed by atoms with van der Waals surface area (Å²) in [6, 6.07) is 15.6. The molecule has 132 valence electrons. The lowest BCUT2D eigenvalue weighted by Crippen LogP contribution is -2.51. The highest BCUT2D eigenvalue weighted by Gasteiger charge is 2.22. The van der Waals surface area contributed by atoms with Gasteiger partial charge < -0.3 is 10.2 Å². The van der Waals surface area contributed by atoms with Crippen molar-refractivity contribution in [3.05, 3.63) is 65.7 Å². The van der Waals surface area contributed by atoms with Crippen LogP contribution in [0.3, 0.4) is 0 Å². The van der Waals surface area contributed by atoms with Gasteiger partial charge in [0, 0.05) is 31.2 Å². The number of hydrogen-bond acceptors (Lipinski definition) is 4. The number of benzene rings is 2. The van der Waals surface area contributed by atoms with Crippen LogP contribution in [0.15, 0.2) is 59.5 Å². The van der Waals surface area contributed by atoms with Crippen molar-refractivity contribution in [1.29, 1.82) is 0 Å². The molecule has 0 spiro atoms. The van der Waals surface area contributed by atoms with E-state index in [1.54, 1.807) is 29.2 Å². The maximum Gasteiger partial charge on any atom is 0.253 e. The molecule has 0 radical (unpaired) electrons. The van der Waals surface area contributed by atoms with Crippen molar-refractivity contribution >= 4 is 15.7 Å². The standard InChI is InChI=1S/C19H22N2O3S/c1-15-13-21(12-11-20-15)19(22)17-7-9-18(10-8-17)25(23,24)14-16-5-3-2-4-6-16/h2-10,15,20H,11-14H2,1H3/t15-/m1/s1. The smallest absolute Gasteiger partial charge is 0.253 e. The Labute approximate surface area is 148 Å². The van der Waals surface area contributed by atoms with E-state index in [1.807, 2.05) is 25.1 Å². The van der Waals surface area contributed by atoms with Crippen LogP contribution in [0.5, 0.6) is 0 Å². The molecule has 25 heavy (non-hydrogen) atoms. The van der Waals surface area contributed by atoms with Crippen LogP contribution in [0.25, 0.3) is 0 Å². The summed E-state index contributed by atoms with van der Waals surface area (Å²) in [5.41, 5.74) is 1.27. The molecule has 1 saturated heterocycles. The average Bonchev–Trinajstić information content (AvgIpc) is 2.62. The Balaban J connectivity index is 1.74. The van der Waals surface area contributed by atoms with E-state index < -0.39 is 9.84 Å². The summed E-state index contributed by atoms with van der Waals surface area (Å²) < 4.78 is 25.0. The van der Waals surface area contributed by atoms with Gasteiger partial charge in [0.15, 0.2) is 9.84 Å². The van der Waals surface area contributed by atoms with Crippen molar-refractivity contribution in [3.63, 3.8) is 0 Å². The maximum absolute atomic E-state index is 12.5. The molecule has 2 aromatic rings. The fraction of sp³-hybridized carbons (Fsp3) is 0.316. The van der Waals surface area contributed by atoms with Crippen molar-refractivity contribution in [1.82, 2.24) is 10.2 Å². The Bertz CT molecular complexity index is 833. The summed E-state index contributed by atoms with van der Waals surface area (Å²) in [5.74, 6) is -0.100. The lowest BCUT2D eigenvalue weighted by molar-refractivity contribution is 0.0709. The summed E-state index contributed by atoms with van der Waals surface area (Å²) in [7, 11) is -3.42. The van der Waals surface area contributed by atoms with Crippen LogP contribution in [0.2, 0.25) is 0 Å². The third kappa shape index (κ3) is 4.27. The number of hydrogen-bond donors (Lipinski definition) is 1. The number of rotatable bonds is 4. The van der Waals surface area contributed by atoms with Gasteiger partial charge in [-0.2, -0.15) is 0 Å². The molecule has 1 N–H and O–H groups in total. The fourth-order valence-electron chi connectivity index (χ4n) is 2.98. The molecular formula is C19H22N2O3S. The second kappa shape index (κ2) is 7.37. The molecule has 1 amide bonds. The van der Waals surface area contributed by atoms with Crippen LogP contribution in [-0.4, -0.2) is 44.9 Å². The van der Waals surface area contributed by atoms with E-state index in [4.69, 9.17) is 0 Å². The lowest BCUT2D eigenvalue weighted by atomic mass is 10.1. The minimum Gasteiger partial charge on any atom is -0.336 e. The predicted molar refractivity (Wildman–Crippen MR) is 97.1 cm³/mol. The number of amides is 1. The summed E-state index contributed by atoms with van der Waals surface area (Å²) in [4.78, 5) is 14.6. The average molecular weight is 358 g/mol. The van der Waals surface area contributed by atoms with Gasteiger partial charge in [0.05, 0.1) is 10.6 Å². The Kier molecular flexibility index (Phi) is 5.20. The molecule has 1 aliphatic heterocycles. The second-order valence-electron chi connectivity index (χ2n) is 6.38. The molecule has 1 heterocycles. The monoisotopic (exact) mass is 358 g/mol. The quantitative estimate of drug-likeness (QED) is 0.909. The molecule has 1 aliphatic rings.